The van der Waals surface area contributed by atoms with Gasteiger partial charge in [-0.15, -0.1) is 4.36 Å². The molecular weight excluding hydrogens is 334 g/mol. The van der Waals surface area contributed by atoms with Gasteiger partial charge in [0.1, 0.15) is 15.5 Å². The average Bonchev–Trinajstić information content (AvgIpc) is 2.24. The van der Waals surface area contributed by atoms with Gasteiger partial charge in [-0.2, -0.15) is 25.3 Å². The first-order valence-corrected chi connectivity index (χ1v) is 8.44. The molecule has 110 valence electrons. The Balaban J connectivity index is 4.00. The van der Waals surface area contributed by atoms with Gasteiger partial charge in [-0.3, -0.25) is 9.11 Å². The Labute approximate surface area is 115 Å². The molecule has 1 aromatic carbocycles. The topological polar surface area (TPSA) is 155 Å². The van der Waals surface area contributed by atoms with Gasteiger partial charge < -0.3 is 0 Å². The second-order valence-electron chi connectivity index (χ2n) is 3.32. The number of hydrogen-bond donors (Lipinski definition) is 2. The molecule has 0 radical (unpaired) electrons. The van der Waals surface area contributed by atoms with E-state index in [1.807, 2.05) is 0 Å². The van der Waals surface area contributed by atoms with Gasteiger partial charge in [-0.1, -0.05) is 12.7 Å². The summed E-state index contributed by atoms with van der Waals surface area (Å²) < 4.78 is 86.2. The number of nitrogens with zero attached hydrogens (tertiary/aromatic N) is 1. The fourth-order valence-electron chi connectivity index (χ4n) is 1.31. The van der Waals surface area contributed by atoms with Crippen LogP contribution in [0, 0.1) is 0 Å². The summed E-state index contributed by atoms with van der Waals surface area (Å²) in [5, 5.41) is 0. The van der Waals surface area contributed by atoms with E-state index in [1.165, 1.54) is 0 Å². The monoisotopic (exact) mass is 341 g/mol. The molecule has 0 bridgehead atoms. The van der Waals surface area contributed by atoms with Crippen LogP contribution in [0.1, 0.15) is 5.56 Å². The molecule has 1 rings (SSSR count). The molecule has 0 saturated heterocycles. The minimum atomic E-state index is -4.96. The fraction of sp³-hybridized carbons (Fsp3) is 0. The van der Waals surface area contributed by atoms with Crippen molar-refractivity contribution in [1.29, 1.82) is 0 Å². The van der Waals surface area contributed by atoms with Crippen LogP contribution in [-0.4, -0.2) is 34.4 Å². The van der Waals surface area contributed by atoms with E-state index in [9.17, 15) is 25.3 Å². The Bertz CT molecular complexity index is 901. The molecule has 0 aliphatic heterocycles. The third-order valence-corrected chi connectivity index (χ3v) is 4.18. The van der Waals surface area contributed by atoms with Gasteiger partial charge in [0.2, 0.25) is 0 Å². The van der Waals surface area contributed by atoms with Crippen LogP contribution < -0.4 is 0 Å². The molecule has 0 spiro atoms. The molecule has 12 heteroatoms. The summed E-state index contributed by atoms with van der Waals surface area (Å²) >= 11 is 0. The van der Waals surface area contributed by atoms with Gasteiger partial charge >= 0.3 is 10.5 Å². The van der Waals surface area contributed by atoms with Gasteiger partial charge in [-0.25, -0.2) is 0 Å². The van der Waals surface area contributed by atoms with Crippen molar-refractivity contribution in [3.63, 3.8) is 0 Å². The maximum atomic E-state index is 11.1. The predicted molar refractivity (Wildman–Crippen MR) is 67.2 cm³/mol. The van der Waals surface area contributed by atoms with Crippen molar-refractivity contribution in [3.05, 3.63) is 24.3 Å². The maximum absolute atomic E-state index is 11.1. The lowest BCUT2D eigenvalue weighted by Crippen LogP contribution is -2.05. The van der Waals surface area contributed by atoms with Crippen molar-refractivity contribution in [2.75, 3.05) is 0 Å². The van der Waals surface area contributed by atoms with Gasteiger partial charge in [0, 0.05) is 0 Å². The van der Waals surface area contributed by atoms with E-state index >= 15 is 0 Å². The zero-order valence-electron chi connectivity index (χ0n) is 9.46. The first-order chi connectivity index (χ1) is 8.96. The zero-order valence-corrected chi connectivity index (χ0v) is 11.9. The minimum absolute atomic E-state index is 0.288. The molecule has 0 amide bonds. The molecule has 9 nitrogen and oxygen atoms in total. The van der Waals surface area contributed by atoms with Crippen molar-refractivity contribution < 1.29 is 34.4 Å². The standard InChI is InChI=1S/C8H7NO8S3/c1-2-5-3-6(9-18(10)11)8(20(15,16)17)4-7(5)19(12,13)14/h2-4H,1H2,(H,12,13,14)(H,15,16,17). The fourth-order valence-corrected chi connectivity index (χ4v) is 3.09. The average molecular weight is 341 g/mol. The van der Waals surface area contributed by atoms with Crippen LogP contribution in [0.15, 0.2) is 32.9 Å². The van der Waals surface area contributed by atoms with E-state index in [2.05, 4.69) is 10.9 Å². The summed E-state index contributed by atoms with van der Waals surface area (Å²) in [6.45, 7) is 3.23. The summed E-state index contributed by atoms with van der Waals surface area (Å²) in [7, 11) is -12.8. The largest absolute Gasteiger partial charge is 0.316 e. The lowest BCUT2D eigenvalue weighted by molar-refractivity contribution is 0.481. The number of hydrogen-bond acceptors (Lipinski definition) is 7. The van der Waals surface area contributed by atoms with Crippen LogP contribution in [0.2, 0.25) is 0 Å². The van der Waals surface area contributed by atoms with E-state index in [0.717, 1.165) is 12.1 Å². The van der Waals surface area contributed by atoms with E-state index in [0.29, 0.717) is 6.07 Å². The molecule has 0 unspecified atom stereocenters. The molecule has 0 heterocycles. The number of benzene rings is 1. The van der Waals surface area contributed by atoms with Crippen molar-refractivity contribution in [1.82, 2.24) is 0 Å². The molecule has 0 saturated carbocycles. The van der Waals surface area contributed by atoms with Gasteiger partial charge in [-0.05, 0) is 17.7 Å². The predicted octanol–water partition coefficient (Wildman–Crippen LogP) is 0.517. The van der Waals surface area contributed by atoms with E-state index < -0.39 is 46.2 Å². The summed E-state index contributed by atoms with van der Waals surface area (Å²) in [5.41, 5.74) is -1.01. The Morgan fingerprint density at radius 2 is 1.55 bits per heavy atom. The highest BCUT2D eigenvalue weighted by Gasteiger charge is 2.23. The first kappa shape index (κ1) is 16.5. The highest BCUT2D eigenvalue weighted by atomic mass is 32.2. The Hall–Kier alpha value is -1.60. The lowest BCUT2D eigenvalue weighted by atomic mass is 10.2. The van der Waals surface area contributed by atoms with Gasteiger partial charge in [0.25, 0.3) is 20.2 Å². The van der Waals surface area contributed by atoms with Crippen molar-refractivity contribution >= 4 is 42.5 Å². The molecule has 0 aliphatic rings. The molecule has 0 aromatic heterocycles. The second-order valence-corrected chi connectivity index (χ2v) is 6.72. The van der Waals surface area contributed by atoms with Crippen LogP contribution in [0.5, 0.6) is 0 Å². The van der Waals surface area contributed by atoms with Crippen LogP contribution in [0.3, 0.4) is 0 Å². The van der Waals surface area contributed by atoms with Crippen LogP contribution in [0.25, 0.3) is 6.08 Å². The van der Waals surface area contributed by atoms with Crippen molar-refractivity contribution in [2.24, 2.45) is 4.36 Å². The van der Waals surface area contributed by atoms with Crippen LogP contribution in [-0.2, 0) is 30.7 Å². The number of rotatable bonds is 4. The molecule has 0 atom stereocenters. The van der Waals surface area contributed by atoms with Gasteiger partial charge in [0.05, 0.1) is 0 Å². The van der Waals surface area contributed by atoms with E-state index in [4.69, 9.17) is 9.11 Å². The molecule has 1 aromatic rings. The maximum Gasteiger partial charge on any atom is 0.316 e. The van der Waals surface area contributed by atoms with Crippen LogP contribution in [0.4, 0.5) is 5.69 Å². The SMILES string of the molecule is C=Cc1cc(N=S(=O)=O)c(S(=O)(=O)O)cc1S(=O)(=O)O. The Kier molecular flexibility index (Phi) is 4.45. The molecule has 0 aliphatic carbocycles. The molecule has 20 heavy (non-hydrogen) atoms. The minimum Gasteiger partial charge on any atom is -0.282 e. The third-order valence-electron chi connectivity index (χ3n) is 2.04. The second kappa shape index (κ2) is 5.41. The lowest BCUT2D eigenvalue weighted by Gasteiger charge is -2.07. The van der Waals surface area contributed by atoms with Crippen molar-refractivity contribution in [2.45, 2.75) is 9.79 Å². The highest BCUT2D eigenvalue weighted by Crippen LogP contribution is 2.31. The summed E-state index contributed by atoms with van der Waals surface area (Å²) in [6.07, 6.45) is 0.934. The molecule has 0 fully saturated rings. The summed E-state index contributed by atoms with van der Waals surface area (Å²) in [6, 6.07) is 1.11. The van der Waals surface area contributed by atoms with E-state index in [1.54, 1.807) is 0 Å². The quantitative estimate of drug-likeness (QED) is 0.751. The Morgan fingerprint density at radius 3 is 1.90 bits per heavy atom. The third kappa shape index (κ3) is 3.71. The summed E-state index contributed by atoms with van der Waals surface area (Å²) in [4.78, 5) is -1.95. The smallest absolute Gasteiger partial charge is 0.282 e. The zero-order chi connectivity index (χ0) is 15.7. The normalized spacial score (nSPS) is 11.9. The highest BCUT2D eigenvalue weighted by molar-refractivity contribution is 7.86. The van der Waals surface area contributed by atoms with Crippen molar-refractivity contribution in [3.8, 4) is 0 Å². The van der Waals surface area contributed by atoms with Crippen LogP contribution >= 0.6 is 0 Å². The van der Waals surface area contributed by atoms with E-state index in [-0.39, 0.29) is 5.56 Å². The molecular formula is C8H7NO8S3. The summed E-state index contributed by atoms with van der Waals surface area (Å²) in [5.74, 6) is 0. The van der Waals surface area contributed by atoms with Gasteiger partial charge in [0.15, 0.2) is 0 Å². The molecule has 2 N–H and O–H groups in total. The first-order valence-electron chi connectivity index (χ1n) is 4.53. The Morgan fingerprint density at radius 1 is 1.05 bits per heavy atom.